The Kier molecular flexibility index (Phi) is 6.78. The minimum Gasteiger partial charge on any atom is -0.384 e. The van der Waals surface area contributed by atoms with Gasteiger partial charge in [-0.15, -0.1) is 0 Å². The molecular formula is C33H39FN2O3. The first-order chi connectivity index (χ1) is 18.8. The zero-order valence-electron chi connectivity index (χ0n) is 23.1. The van der Waals surface area contributed by atoms with Gasteiger partial charge in [-0.25, -0.2) is 4.39 Å². The number of nitrogens with zero attached hydrogens (tertiary/aromatic N) is 2. The van der Waals surface area contributed by atoms with E-state index in [2.05, 4.69) is 53.1 Å². The third-order valence-electron chi connectivity index (χ3n) is 11.0. The number of alkyl halides is 1. The molecule has 1 aromatic rings. The predicted octanol–water partition coefficient (Wildman–Crippen LogP) is 6.27. The maximum absolute atomic E-state index is 15.9. The number of Topliss-reactive ketones (excluding diaryl/α,β-unsaturated/α-hetero) is 1. The number of aliphatic hydroxyl groups is 1. The molecule has 3 fully saturated rings. The van der Waals surface area contributed by atoms with Gasteiger partial charge in [0.1, 0.15) is 24.6 Å². The third kappa shape index (κ3) is 4.03. The van der Waals surface area contributed by atoms with Crippen molar-refractivity contribution in [3.63, 3.8) is 0 Å². The van der Waals surface area contributed by atoms with Crippen LogP contribution in [0.5, 0.6) is 0 Å². The molecule has 1 heterocycles. The second kappa shape index (κ2) is 10.0. The number of carbonyl (C=O) groups excluding carboxylic acids is 1. The van der Waals surface area contributed by atoms with Gasteiger partial charge in [-0.3, -0.25) is 4.79 Å². The molecule has 6 rings (SSSR count). The van der Waals surface area contributed by atoms with E-state index >= 15 is 4.39 Å². The monoisotopic (exact) mass is 530 g/mol. The van der Waals surface area contributed by atoms with Gasteiger partial charge in [0.25, 0.3) is 0 Å². The number of rotatable bonds is 4. The van der Waals surface area contributed by atoms with Gasteiger partial charge in [-0.1, -0.05) is 47.7 Å². The standard InChI is InChI=1S/C33H39FN2O3/c1-21(38)33(13-5-17-37)14-12-29-27-19-30(34)26-18-23(35-39)8-11-25(26)31(27)28(20-32(29,33)2)22-6-9-24(10-7-22)36-15-3-4-16-36/h6-7,9-10,18,23,27-30,37H,3-4,8,11-12,14-17,19-20H2,1-2H3/t23?,27-,28?,29-,30?,32-,33+/m0/s1. The summed E-state index contributed by atoms with van der Waals surface area (Å²) < 4.78 is 15.9. The van der Waals surface area contributed by atoms with Gasteiger partial charge in [0.2, 0.25) is 0 Å². The molecule has 1 saturated heterocycles. The molecule has 1 aromatic carbocycles. The highest BCUT2D eigenvalue weighted by molar-refractivity contribution is 5.87. The number of hydrogen-bond acceptors (Lipinski definition) is 5. The second-order valence-electron chi connectivity index (χ2n) is 12.6. The van der Waals surface area contributed by atoms with E-state index in [1.54, 1.807) is 13.0 Å². The van der Waals surface area contributed by atoms with E-state index in [4.69, 9.17) is 0 Å². The van der Waals surface area contributed by atoms with Gasteiger partial charge < -0.3 is 10.0 Å². The molecule has 7 atom stereocenters. The molecule has 6 heteroatoms. The van der Waals surface area contributed by atoms with E-state index in [1.807, 2.05) is 0 Å². The highest BCUT2D eigenvalue weighted by atomic mass is 19.1. The normalized spacial score (nSPS) is 37.3. The fourth-order valence-electron chi connectivity index (χ4n) is 9.12. The van der Waals surface area contributed by atoms with Crippen molar-refractivity contribution in [1.82, 2.24) is 0 Å². The summed E-state index contributed by atoms with van der Waals surface area (Å²) in [6, 6.07) is 8.45. The molecular weight excluding hydrogens is 491 g/mol. The Morgan fingerprint density at radius 2 is 1.95 bits per heavy atom. The zero-order chi connectivity index (χ0) is 27.4. The summed E-state index contributed by atoms with van der Waals surface area (Å²) in [5, 5.41) is 12.8. The van der Waals surface area contributed by atoms with Gasteiger partial charge in [-0.05, 0) is 104 Å². The van der Waals surface area contributed by atoms with Crippen LogP contribution in [0.1, 0.15) is 76.7 Å². The number of allylic oxidation sites excluding steroid dienone is 3. The number of nitroso groups, excluding NO2 is 1. The number of aliphatic hydroxyl groups excluding tert-OH is 1. The Bertz CT molecular complexity index is 1280. The van der Waals surface area contributed by atoms with Gasteiger partial charge in [-0.2, -0.15) is 4.91 Å². The van der Waals surface area contributed by atoms with E-state index < -0.39 is 23.0 Å². The fourth-order valence-corrected chi connectivity index (χ4v) is 9.12. The van der Waals surface area contributed by atoms with Gasteiger partial charge in [0.15, 0.2) is 0 Å². The van der Waals surface area contributed by atoms with Gasteiger partial charge in [0, 0.05) is 24.7 Å². The quantitative estimate of drug-likeness (QED) is 0.368. The lowest BCUT2D eigenvalue weighted by Gasteiger charge is -2.55. The lowest BCUT2D eigenvalue weighted by atomic mass is 9.48. The smallest absolute Gasteiger partial charge is 0.148 e. The summed E-state index contributed by atoms with van der Waals surface area (Å²) in [6.45, 7) is 5.74. The van der Waals surface area contributed by atoms with Crippen molar-refractivity contribution in [3.05, 3.63) is 57.5 Å². The largest absolute Gasteiger partial charge is 0.384 e. The molecule has 5 aliphatic rings. The Hall–Kier alpha value is -2.78. The SMILES string of the molecule is CC(=O)[C@@]1(C#CCO)CC[C@H]2[C@@H]3CC(F)C4=CC(N=O)CCC4=C3C(c3ccc(N4CCCC4)cc3)C[C@@]21C. The number of ketones is 1. The molecule has 2 saturated carbocycles. The van der Waals surface area contributed by atoms with Crippen molar-refractivity contribution < 1.29 is 14.3 Å². The van der Waals surface area contributed by atoms with Crippen LogP contribution in [0.4, 0.5) is 10.1 Å². The number of carbonyl (C=O) groups is 1. The van der Waals surface area contributed by atoms with Crippen LogP contribution in [0.3, 0.4) is 0 Å². The van der Waals surface area contributed by atoms with E-state index in [9.17, 15) is 14.8 Å². The zero-order valence-corrected chi connectivity index (χ0v) is 23.1. The van der Waals surface area contributed by atoms with Crippen LogP contribution >= 0.6 is 0 Å². The predicted molar refractivity (Wildman–Crippen MR) is 151 cm³/mol. The maximum atomic E-state index is 15.9. The van der Waals surface area contributed by atoms with E-state index in [0.717, 1.165) is 31.5 Å². The molecule has 0 aromatic heterocycles. The Balaban J connectivity index is 1.50. The summed E-state index contributed by atoms with van der Waals surface area (Å²) in [4.78, 5) is 27.2. The topological polar surface area (TPSA) is 70.0 Å². The number of halogens is 1. The number of benzene rings is 1. The lowest BCUT2D eigenvalue weighted by Crippen LogP contribution is -2.51. The van der Waals surface area contributed by atoms with Crippen LogP contribution in [0.15, 0.2) is 52.2 Å². The number of hydrogen-bond donors (Lipinski definition) is 1. The average molecular weight is 531 g/mol. The summed E-state index contributed by atoms with van der Waals surface area (Å²) in [5.41, 5.74) is 4.26. The van der Waals surface area contributed by atoms with Crippen molar-refractivity contribution in [2.75, 3.05) is 24.6 Å². The first kappa shape index (κ1) is 26.4. The number of fused-ring (bicyclic) bond motifs is 4. The van der Waals surface area contributed by atoms with Crippen molar-refractivity contribution in [2.24, 2.45) is 27.8 Å². The molecule has 0 bridgehead atoms. The molecule has 206 valence electrons. The summed E-state index contributed by atoms with van der Waals surface area (Å²) >= 11 is 0. The highest BCUT2D eigenvalue weighted by Gasteiger charge is 2.65. The Morgan fingerprint density at radius 1 is 1.21 bits per heavy atom. The summed E-state index contributed by atoms with van der Waals surface area (Å²) in [6.07, 6.45) is 6.98. The van der Waals surface area contributed by atoms with E-state index in [0.29, 0.717) is 31.3 Å². The summed E-state index contributed by atoms with van der Waals surface area (Å²) in [7, 11) is 0. The van der Waals surface area contributed by atoms with Crippen LogP contribution in [-0.4, -0.2) is 42.8 Å². The molecule has 0 amide bonds. The van der Waals surface area contributed by atoms with Gasteiger partial charge in [0.05, 0.1) is 5.41 Å². The molecule has 1 aliphatic heterocycles. The average Bonchev–Trinajstić information content (AvgIpc) is 3.58. The molecule has 0 radical (unpaired) electrons. The van der Waals surface area contributed by atoms with Crippen molar-refractivity contribution in [2.45, 2.75) is 83.3 Å². The van der Waals surface area contributed by atoms with Crippen LogP contribution in [0.25, 0.3) is 0 Å². The molecule has 0 spiro atoms. The van der Waals surface area contributed by atoms with Crippen LogP contribution in [0.2, 0.25) is 0 Å². The third-order valence-corrected chi connectivity index (χ3v) is 11.0. The minimum absolute atomic E-state index is 0.0204. The first-order valence-electron chi connectivity index (χ1n) is 14.7. The molecule has 5 nitrogen and oxygen atoms in total. The Labute approximate surface area is 230 Å². The van der Waals surface area contributed by atoms with Crippen molar-refractivity contribution >= 4 is 11.5 Å². The lowest BCUT2D eigenvalue weighted by molar-refractivity contribution is -0.130. The second-order valence-corrected chi connectivity index (χ2v) is 12.6. The van der Waals surface area contributed by atoms with Gasteiger partial charge >= 0.3 is 0 Å². The Morgan fingerprint density at radius 3 is 2.62 bits per heavy atom. The molecule has 4 aliphatic carbocycles. The van der Waals surface area contributed by atoms with Crippen LogP contribution in [-0.2, 0) is 4.79 Å². The summed E-state index contributed by atoms with van der Waals surface area (Å²) in [5.74, 6) is 6.36. The highest BCUT2D eigenvalue weighted by Crippen LogP contribution is 2.69. The van der Waals surface area contributed by atoms with Crippen LogP contribution < -0.4 is 4.90 Å². The minimum atomic E-state index is -1.13. The maximum Gasteiger partial charge on any atom is 0.148 e. The van der Waals surface area contributed by atoms with E-state index in [1.165, 1.54) is 29.7 Å². The van der Waals surface area contributed by atoms with E-state index in [-0.39, 0.29) is 30.1 Å². The fraction of sp³-hybridized carbons (Fsp3) is 0.606. The molecule has 1 N–H and O–H groups in total. The van der Waals surface area contributed by atoms with Crippen molar-refractivity contribution in [1.29, 1.82) is 0 Å². The number of anilines is 1. The molecule has 3 unspecified atom stereocenters. The molecule has 39 heavy (non-hydrogen) atoms. The van der Waals surface area contributed by atoms with Crippen LogP contribution in [0, 0.1) is 39.4 Å². The van der Waals surface area contributed by atoms with Crippen molar-refractivity contribution in [3.8, 4) is 11.8 Å². The first-order valence-corrected chi connectivity index (χ1v) is 14.7.